The molecule has 2 amide bonds. The second kappa shape index (κ2) is 27.1. The van der Waals surface area contributed by atoms with Crippen LogP contribution in [0.3, 0.4) is 0 Å². The summed E-state index contributed by atoms with van der Waals surface area (Å²) < 4.78 is 63.7. The van der Waals surface area contributed by atoms with Crippen molar-refractivity contribution in [3.8, 4) is 0 Å². The molecular weight excluding hydrogens is 1070 g/mol. The van der Waals surface area contributed by atoms with Crippen LogP contribution in [0.4, 0.5) is 0 Å². The van der Waals surface area contributed by atoms with Crippen LogP contribution >= 0.6 is 0 Å². The Kier molecular flexibility index (Phi) is 22.4. The zero-order valence-corrected chi connectivity index (χ0v) is 41.8. The van der Waals surface area contributed by atoms with E-state index >= 15 is 0 Å². The predicted molar refractivity (Wildman–Crippen MR) is 238 cm³/mol. The molecule has 31 atom stereocenters. The molecule has 6 saturated heterocycles. The highest BCUT2D eigenvalue weighted by Gasteiger charge is 2.62. The Labute approximate surface area is 441 Å². The highest BCUT2D eigenvalue weighted by molar-refractivity contribution is 5.76. The zero-order chi connectivity index (χ0) is 58.0. The van der Waals surface area contributed by atoms with Crippen molar-refractivity contribution in [2.45, 2.75) is 217 Å². The molecule has 6 heterocycles. The van der Waals surface area contributed by atoms with Crippen LogP contribution in [-0.4, -0.2) is 338 Å². The summed E-state index contributed by atoms with van der Waals surface area (Å²) in [5, 5.41) is 209. The van der Waals surface area contributed by atoms with Gasteiger partial charge in [-0.1, -0.05) is 0 Å². The Morgan fingerprint density at radius 1 is 0.526 bits per heavy atom. The smallest absolute Gasteiger partial charge is 0.364 e. The molecule has 0 saturated carbocycles. The van der Waals surface area contributed by atoms with Crippen LogP contribution in [0.1, 0.15) is 27.2 Å². The SMILES string of the molecule is CC(=O)N[C@H]1[C@H](O[C@H]2[C@@H](O)[C@@H](CO)O[C@@H](O[C@H]3[C@H](O)[C@@H](O)C(O)O[C@@H]3CO)[C@@H]2O)O[C@H](CO)[C@@H](O[C@@H]2O[C@@H](C)[C@@H](O)[C@@H](O)[C@@H]2O)[C@@H]1O[C@@H]1O[C@H](CO)[C@H](O)[C@H](O[C@]2(C(=O)O)C[C@H](O)[C@@H](NC(C)=O)[C@@H]([C@H](O)[C@H](O)CO)O2)[C@H]1O. The van der Waals surface area contributed by atoms with Gasteiger partial charge in [0.1, 0.15) is 134 Å². The first-order valence-corrected chi connectivity index (χ1v) is 24.6. The van der Waals surface area contributed by atoms with Crippen LogP contribution < -0.4 is 10.6 Å². The number of hydrogen-bond donors (Lipinski definition) is 21. The second-order valence-electron chi connectivity index (χ2n) is 19.6. The molecule has 6 aliphatic rings. The number of amides is 2. The molecule has 0 radical (unpaired) electrons. The number of ether oxygens (including phenoxy) is 11. The molecule has 21 N–H and O–H groups in total. The summed E-state index contributed by atoms with van der Waals surface area (Å²) in [6.07, 6.45) is -58.4. The molecule has 35 nitrogen and oxygen atoms in total. The molecule has 78 heavy (non-hydrogen) atoms. The molecule has 0 aliphatic carbocycles. The first-order chi connectivity index (χ1) is 36.7. The Bertz CT molecular complexity index is 1950. The third-order valence-electron chi connectivity index (χ3n) is 14.2. The maximum absolute atomic E-state index is 13.2. The van der Waals surface area contributed by atoms with E-state index in [1.165, 1.54) is 6.92 Å². The molecule has 6 aliphatic heterocycles. The van der Waals surface area contributed by atoms with Gasteiger partial charge in [0.15, 0.2) is 31.5 Å². The summed E-state index contributed by atoms with van der Waals surface area (Å²) in [7, 11) is 0. The number of carbonyl (C=O) groups is 3. The lowest BCUT2D eigenvalue weighted by molar-refractivity contribution is -0.399. The largest absolute Gasteiger partial charge is 0.477 e. The minimum absolute atomic E-state index is 0.848. The summed E-state index contributed by atoms with van der Waals surface area (Å²) in [5.41, 5.74) is 0. The Morgan fingerprint density at radius 2 is 1.00 bits per heavy atom. The number of aliphatic hydroxyl groups excluding tert-OH is 18. The average molecular weight is 1150 g/mol. The third kappa shape index (κ3) is 13.5. The number of hydrogen-bond acceptors (Lipinski definition) is 32. The van der Waals surface area contributed by atoms with Gasteiger partial charge < -0.3 is 160 Å². The van der Waals surface area contributed by atoms with E-state index in [2.05, 4.69) is 10.6 Å². The number of nitrogens with one attached hydrogen (secondary N) is 2. The molecule has 1 unspecified atom stereocenters. The minimum atomic E-state index is -3.27. The maximum atomic E-state index is 13.2. The van der Waals surface area contributed by atoms with Crippen LogP contribution in [-0.2, 0) is 66.5 Å². The van der Waals surface area contributed by atoms with E-state index < -0.39 is 247 Å². The second-order valence-corrected chi connectivity index (χ2v) is 19.6. The van der Waals surface area contributed by atoms with Gasteiger partial charge in [-0.25, -0.2) is 4.79 Å². The van der Waals surface area contributed by atoms with Gasteiger partial charge in [-0.05, 0) is 6.92 Å². The first-order valence-electron chi connectivity index (χ1n) is 24.6. The van der Waals surface area contributed by atoms with Crippen molar-refractivity contribution in [2.75, 3.05) is 33.0 Å². The molecule has 6 fully saturated rings. The van der Waals surface area contributed by atoms with Crippen LogP contribution in [0.2, 0.25) is 0 Å². The lowest BCUT2D eigenvalue weighted by Crippen LogP contribution is -2.72. The van der Waals surface area contributed by atoms with Gasteiger partial charge in [0.05, 0.1) is 51.3 Å². The summed E-state index contributed by atoms with van der Waals surface area (Å²) in [5.74, 6) is -7.22. The van der Waals surface area contributed by atoms with E-state index in [0.29, 0.717) is 0 Å². The average Bonchev–Trinajstić information content (AvgIpc) is 3.40. The van der Waals surface area contributed by atoms with Crippen molar-refractivity contribution in [2.24, 2.45) is 0 Å². The topological polar surface area (TPSA) is 561 Å². The first kappa shape index (κ1) is 64.4. The van der Waals surface area contributed by atoms with Gasteiger partial charge in [0.2, 0.25) is 11.8 Å². The highest BCUT2D eigenvalue weighted by atomic mass is 16.8. The number of carboxylic acid groups (broad SMARTS) is 1. The zero-order valence-electron chi connectivity index (χ0n) is 41.8. The van der Waals surface area contributed by atoms with Gasteiger partial charge in [0.25, 0.3) is 5.79 Å². The number of carboxylic acids is 1. The molecular formula is C43H72N2O33. The van der Waals surface area contributed by atoms with Crippen molar-refractivity contribution in [1.29, 1.82) is 0 Å². The molecule has 0 aromatic carbocycles. The third-order valence-corrected chi connectivity index (χ3v) is 14.2. The van der Waals surface area contributed by atoms with E-state index in [1.807, 2.05) is 0 Å². The number of rotatable bonds is 20. The van der Waals surface area contributed by atoms with E-state index in [9.17, 15) is 111 Å². The van der Waals surface area contributed by atoms with Crippen molar-refractivity contribution in [1.82, 2.24) is 10.6 Å². The van der Waals surface area contributed by atoms with Gasteiger partial charge in [-0.3, -0.25) is 9.59 Å². The summed E-state index contributed by atoms with van der Waals surface area (Å²) in [6, 6.07) is -3.70. The van der Waals surface area contributed by atoms with E-state index in [-0.39, 0.29) is 0 Å². The summed E-state index contributed by atoms with van der Waals surface area (Å²) in [6.45, 7) is -2.37. The molecule has 0 bridgehead atoms. The van der Waals surface area contributed by atoms with Crippen molar-refractivity contribution < 1.29 is 164 Å². The van der Waals surface area contributed by atoms with Crippen LogP contribution in [0, 0.1) is 0 Å². The number of aliphatic hydroxyl groups is 18. The van der Waals surface area contributed by atoms with Gasteiger partial charge in [0, 0.05) is 20.3 Å². The molecule has 0 aromatic heterocycles. The Hall–Kier alpha value is -2.75. The Balaban J connectivity index is 1.40. The molecule has 35 heteroatoms. The van der Waals surface area contributed by atoms with Crippen LogP contribution in [0.5, 0.6) is 0 Å². The normalized spacial score (nSPS) is 48.1. The quantitative estimate of drug-likeness (QED) is 0.0538. The maximum Gasteiger partial charge on any atom is 0.364 e. The van der Waals surface area contributed by atoms with E-state index in [1.54, 1.807) is 0 Å². The lowest BCUT2D eigenvalue weighted by atomic mass is 9.88. The standard InChI is InChI=1S/C43H72N2O33/c1-10-21(55)25(59)28(62)39(68-10)74-32-18(9-50)72-38(76-35-23(57)15(6-47)70-40(29(35)63)73-31-17(8-49)69-37(65)27(61)26(31)60)20(45-12(3)52)34(32)75-41-30(64)36(24(58)16(7-48)71-41)78-43(42(66)67)4-13(53)19(44-11(2)51)33(77-43)22(56)14(54)5-46/h10,13-41,46-50,53-65H,4-9H2,1-3H3,(H,44,51)(H,45,52)(H,66,67)/t10-,13-,14+,15+,16+,17+,18+,19+,20+,21+,22+,23-,24-,25+,26+,27+,28-,29+,30+,31+,32+,33-,34+,35-,36-,37?,38-,39-,40-,41-,43-/m0/s1. The van der Waals surface area contributed by atoms with Crippen molar-refractivity contribution >= 4 is 17.8 Å². The van der Waals surface area contributed by atoms with Gasteiger partial charge >= 0.3 is 5.97 Å². The highest BCUT2D eigenvalue weighted by Crippen LogP contribution is 2.40. The number of carbonyl (C=O) groups excluding carboxylic acids is 2. The predicted octanol–water partition coefficient (Wildman–Crippen LogP) is -13.6. The summed E-state index contributed by atoms with van der Waals surface area (Å²) >= 11 is 0. The Morgan fingerprint density at radius 3 is 1.54 bits per heavy atom. The fourth-order valence-corrected chi connectivity index (χ4v) is 9.96. The minimum Gasteiger partial charge on any atom is -0.477 e. The van der Waals surface area contributed by atoms with Gasteiger partial charge in [-0.15, -0.1) is 0 Å². The molecule has 0 aromatic rings. The van der Waals surface area contributed by atoms with Crippen LogP contribution in [0.25, 0.3) is 0 Å². The monoisotopic (exact) mass is 1140 g/mol. The van der Waals surface area contributed by atoms with Gasteiger partial charge in [-0.2, -0.15) is 0 Å². The van der Waals surface area contributed by atoms with E-state index in [4.69, 9.17) is 52.1 Å². The lowest BCUT2D eigenvalue weighted by Gasteiger charge is -2.52. The summed E-state index contributed by atoms with van der Waals surface area (Å²) in [4.78, 5) is 38.5. The fraction of sp³-hybridized carbons (Fsp3) is 0.930. The van der Waals surface area contributed by atoms with Crippen molar-refractivity contribution in [3.05, 3.63) is 0 Å². The molecule has 452 valence electrons. The fourth-order valence-electron chi connectivity index (χ4n) is 9.96. The molecule has 6 rings (SSSR count). The van der Waals surface area contributed by atoms with E-state index in [0.717, 1.165) is 13.8 Å². The van der Waals surface area contributed by atoms with Crippen molar-refractivity contribution in [3.63, 3.8) is 0 Å². The van der Waals surface area contributed by atoms with Crippen LogP contribution in [0.15, 0.2) is 0 Å². The molecule has 0 spiro atoms. The number of aliphatic carboxylic acids is 1.